The molecule has 0 saturated carbocycles. The van der Waals surface area contributed by atoms with E-state index < -0.39 is 10.0 Å². The van der Waals surface area contributed by atoms with E-state index in [-0.39, 0.29) is 16.3 Å². The van der Waals surface area contributed by atoms with Crippen molar-refractivity contribution in [3.05, 3.63) is 101 Å². The normalized spacial score (nSPS) is 11.2. The lowest BCUT2D eigenvalue weighted by Crippen LogP contribution is -2.18. The van der Waals surface area contributed by atoms with E-state index in [4.69, 9.17) is 4.74 Å². The van der Waals surface area contributed by atoms with E-state index in [1.54, 1.807) is 42.5 Å². The zero-order chi connectivity index (χ0) is 25.3. The molecule has 2 aromatic heterocycles. The zero-order valence-electron chi connectivity index (χ0n) is 18.9. The monoisotopic (exact) mass is 498 g/mol. The number of hydrogen-bond donors (Lipinski definition) is 1. The molecule has 0 spiro atoms. The highest BCUT2D eigenvalue weighted by atomic mass is 32.2. The fraction of sp³-hybridized carbons (Fsp3) is 0.0385. The molecule has 178 valence electrons. The Morgan fingerprint density at radius 3 is 2.58 bits per heavy atom. The van der Waals surface area contributed by atoms with Gasteiger partial charge in [-0.3, -0.25) is 14.1 Å². The molecular weight excluding hydrogens is 480 g/mol. The molecule has 36 heavy (non-hydrogen) atoms. The Morgan fingerprint density at radius 1 is 1.00 bits per heavy atom. The highest BCUT2D eigenvalue weighted by Crippen LogP contribution is 2.31. The summed E-state index contributed by atoms with van der Waals surface area (Å²) in [5.41, 5.74) is 2.86. The molecule has 0 atom stereocenters. The van der Waals surface area contributed by atoms with Gasteiger partial charge in [0.15, 0.2) is 5.82 Å². The van der Waals surface area contributed by atoms with Gasteiger partial charge in [-0.1, -0.05) is 23.4 Å². The Bertz CT molecular complexity index is 1800. The predicted octanol–water partition coefficient (Wildman–Crippen LogP) is 4.33. The number of methoxy groups -OCH3 is 1. The molecule has 9 nitrogen and oxygen atoms in total. The van der Waals surface area contributed by atoms with Gasteiger partial charge in [0.25, 0.3) is 15.6 Å². The van der Waals surface area contributed by atoms with Crippen LogP contribution in [0.1, 0.15) is 5.56 Å². The smallest absolute Gasteiger partial charge is 0.263 e. The lowest BCUT2D eigenvalue weighted by molar-refractivity contribution is 0.413. The number of rotatable bonds is 6. The number of nitriles is 1. The minimum Gasteiger partial charge on any atom is -0.495 e. The lowest BCUT2D eigenvalue weighted by atomic mass is 10.0. The highest BCUT2D eigenvalue weighted by molar-refractivity contribution is 7.92. The SMILES string of the molecule is COc1cc(-c2cccc(C#N)c2)ccc1-n1c(=O)ccc2cc(S(=O)(=O)Nc3ccon3)ccc21. The number of anilines is 1. The summed E-state index contributed by atoms with van der Waals surface area (Å²) in [5, 5.41) is 13.3. The van der Waals surface area contributed by atoms with Crippen LogP contribution in [-0.2, 0) is 10.0 Å². The zero-order valence-corrected chi connectivity index (χ0v) is 19.7. The molecule has 5 aromatic rings. The molecule has 0 amide bonds. The fourth-order valence-corrected chi connectivity index (χ4v) is 4.94. The van der Waals surface area contributed by atoms with E-state index >= 15 is 0 Å². The summed E-state index contributed by atoms with van der Waals surface area (Å²) in [7, 11) is -2.42. The molecular formula is C26H18N4O5S. The van der Waals surface area contributed by atoms with E-state index in [1.165, 1.54) is 42.2 Å². The van der Waals surface area contributed by atoms with Crippen LogP contribution in [0.4, 0.5) is 5.82 Å². The number of nitrogens with one attached hydrogen (secondary N) is 1. The van der Waals surface area contributed by atoms with Crippen LogP contribution in [0.25, 0.3) is 27.7 Å². The highest BCUT2D eigenvalue weighted by Gasteiger charge is 2.18. The first-order chi connectivity index (χ1) is 17.4. The molecule has 0 saturated heterocycles. The van der Waals surface area contributed by atoms with Crippen LogP contribution in [0.15, 0.2) is 99.3 Å². The van der Waals surface area contributed by atoms with Gasteiger partial charge in [-0.05, 0) is 59.7 Å². The maximum absolute atomic E-state index is 13.0. The summed E-state index contributed by atoms with van der Waals surface area (Å²) in [6.45, 7) is 0. The number of pyridine rings is 1. The summed E-state index contributed by atoms with van der Waals surface area (Å²) in [5.74, 6) is 0.499. The van der Waals surface area contributed by atoms with Crippen LogP contribution in [-0.4, -0.2) is 25.3 Å². The maximum Gasteiger partial charge on any atom is 0.263 e. The molecule has 0 unspecified atom stereocenters. The first kappa shape index (κ1) is 22.9. The second-order valence-corrected chi connectivity index (χ2v) is 9.48. The molecule has 5 rings (SSSR count). The number of fused-ring (bicyclic) bond motifs is 1. The lowest BCUT2D eigenvalue weighted by Gasteiger charge is -2.16. The van der Waals surface area contributed by atoms with Crippen molar-refractivity contribution in [2.24, 2.45) is 0 Å². The van der Waals surface area contributed by atoms with Crippen molar-refractivity contribution >= 4 is 26.7 Å². The fourth-order valence-electron chi connectivity index (χ4n) is 3.91. The van der Waals surface area contributed by atoms with E-state index in [9.17, 15) is 18.5 Å². The number of sulfonamides is 1. The first-order valence-corrected chi connectivity index (χ1v) is 12.2. The molecule has 0 fully saturated rings. The third-order valence-corrected chi connectivity index (χ3v) is 6.95. The third kappa shape index (κ3) is 4.19. The number of aromatic nitrogens is 2. The van der Waals surface area contributed by atoms with E-state index in [0.29, 0.717) is 27.9 Å². The molecule has 0 aliphatic carbocycles. The predicted molar refractivity (Wildman–Crippen MR) is 134 cm³/mol. The molecule has 10 heteroatoms. The number of nitrogens with zero attached hydrogens (tertiary/aromatic N) is 3. The largest absolute Gasteiger partial charge is 0.495 e. The summed E-state index contributed by atoms with van der Waals surface area (Å²) in [4.78, 5) is 13.0. The molecule has 2 heterocycles. The van der Waals surface area contributed by atoms with Crippen molar-refractivity contribution in [1.82, 2.24) is 9.72 Å². The van der Waals surface area contributed by atoms with E-state index in [1.807, 2.05) is 12.1 Å². The van der Waals surface area contributed by atoms with Gasteiger partial charge in [-0.15, -0.1) is 0 Å². The summed E-state index contributed by atoms with van der Waals surface area (Å²) in [6.07, 6.45) is 1.26. The van der Waals surface area contributed by atoms with Crippen LogP contribution in [0.2, 0.25) is 0 Å². The van der Waals surface area contributed by atoms with Gasteiger partial charge in [-0.25, -0.2) is 8.42 Å². The van der Waals surface area contributed by atoms with Crippen molar-refractivity contribution in [2.45, 2.75) is 4.90 Å². The number of ether oxygens (including phenoxy) is 1. The van der Waals surface area contributed by atoms with Gasteiger partial charge in [0.1, 0.15) is 12.0 Å². The van der Waals surface area contributed by atoms with Crippen molar-refractivity contribution in [2.75, 3.05) is 11.8 Å². The minimum absolute atomic E-state index is 0.00267. The minimum atomic E-state index is -3.92. The first-order valence-electron chi connectivity index (χ1n) is 10.7. The van der Waals surface area contributed by atoms with Gasteiger partial charge in [-0.2, -0.15) is 5.26 Å². The molecule has 1 N–H and O–H groups in total. The Kier molecular flexibility index (Phi) is 5.76. The van der Waals surface area contributed by atoms with Gasteiger partial charge >= 0.3 is 0 Å². The van der Waals surface area contributed by atoms with Crippen molar-refractivity contribution < 1.29 is 17.7 Å². The van der Waals surface area contributed by atoms with Crippen molar-refractivity contribution in [3.8, 4) is 28.6 Å². The molecule has 0 aliphatic rings. The average Bonchev–Trinajstić information content (AvgIpc) is 3.40. The third-order valence-electron chi connectivity index (χ3n) is 5.60. The molecule has 0 radical (unpaired) electrons. The van der Waals surface area contributed by atoms with Crippen molar-refractivity contribution in [1.29, 1.82) is 5.26 Å². The number of hydrogen-bond acceptors (Lipinski definition) is 7. The molecule has 0 aliphatic heterocycles. The van der Waals surface area contributed by atoms with E-state index in [2.05, 4.69) is 20.5 Å². The average molecular weight is 499 g/mol. The molecule has 3 aromatic carbocycles. The Labute approximate surface area is 205 Å². The second kappa shape index (κ2) is 9.05. The maximum atomic E-state index is 13.0. The van der Waals surface area contributed by atoms with Gasteiger partial charge in [0.2, 0.25) is 0 Å². The molecule has 0 bridgehead atoms. The van der Waals surface area contributed by atoms with Crippen LogP contribution in [0, 0.1) is 11.3 Å². The van der Waals surface area contributed by atoms with Crippen molar-refractivity contribution in [3.63, 3.8) is 0 Å². The Balaban J connectivity index is 1.61. The van der Waals surface area contributed by atoms with Gasteiger partial charge in [0, 0.05) is 17.5 Å². The van der Waals surface area contributed by atoms with Crippen LogP contribution >= 0.6 is 0 Å². The Hall–Kier alpha value is -4.88. The Morgan fingerprint density at radius 2 is 1.83 bits per heavy atom. The standard InChI is InChI=1S/C26H18N4O5S/c1-34-24-15-19(18-4-2-3-17(13-18)16-27)5-8-23(24)30-22-9-7-21(14-20(22)6-10-26(30)31)36(32,33)29-25-11-12-35-28-25/h2-15H,1H3,(H,28,29). The second-order valence-electron chi connectivity index (χ2n) is 7.80. The topological polar surface area (TPSA) is 127 Å². The summed E-state index contributed by atoms with van der Waals surface area (Å²) in [6, 6.07) is 23.5. The quantitative estimate of drug-likeness (QED) is 0.369. The number of benzene rings is 3. The van der Waals surface area contributed by atoms with Gasteiger partial charge < -0.3 is 9.26 Å². The van der Waals surface area contributed by atoms with Gasteiger partial charge in [0.05, 0.1) is 34.8 Å². The van der Waals surface area contributed by atoms with E-state index in [0.717, 1.165) is 11.1 Å². The van der Waals surface area contributed by atoms with Crippen LogP contribution in [0.5, 0.6) is 5.75 Å². The van der Waals surface area contributed by atoms with Crippen LogP contribution in [0.3, 0.4) is 0 Å². The summed E-state index contributed by atoms with van der Waals surface area (Å²) >= 11 is 0. The van der Waals surface area contributed by atoms with Crippen LogP contribution < -0.4 is 15.0 Å². The summed E-state index contributed by atoms with van der Waals surface area (Å²) < 4.78 is 39.7.